The van der Waals surface area contributed by atoms with E-state index in [1.165, 1.54) is 12.1 Å². The van der Waals surface area contributed by atoms with Crippen LogP contribution in [0.5, 0.6) is 5.75 Å². The van der Waals surface area contributed by atoms with Gasteiger partial charge in [0.1, 0.15) is 17.5 Å². The number of non-ortho nitro benzene ring substituents is 1. The minimum Gasteiger partial charge on any atom is -0.485 e. The van der Waals surface area contributed by atoms with Crippen molar-refractivity contribution in [2.24, 2.45) is 5.10 Å². The summed E-state index contributed by atoms with van der Waals surface area (Å²) < 4.78 is 6.11. The van der Waals surface area contributed by atoms with E-state index < -0.39 is 15.5 Å². The maximum Gasteiger partial charge on any atom is 0.301 e. The zero-order valence-corrected chi connectivity index (χ0v) is 15.6. The highest BCUT2D eigenvalue weighted by molar-refractivity contribution is 6.04. The summed E-state index contributed by atoms with van der Waals surface area (Å²) in [5.41, 5.74) is 4.43. The minimum atomic E-state index is -0.680. The highest BCUT2D eigenvalue weighted by Gasteiger charge is 2.26. The normalized spacial score (nSPS) is 16.4. The van der Waals surface area contributed by atoms with Gasteiger partial charge in [-0.25, -0.2) is 0 Å². The first kappa shape index (κ1) is 19.1. The van der Waals surface area contributed by atoms with Crippen molar-refractivity contribution in [2.75, 3.05) is 5.43 Å². The number of hydrazone groups is 1. The molecule has 0 aliphatic carbocycles. The summed E-state index contributed by atoms with van der Waals surface area (Å²) in [5.74, 6) is 0.663. The van der Waals surface area contributed by atoms with Crippen LogP contribution in [0.4, 0.5) is 17.1 Å². The van der Waals surface area contributed by atoms with Crippen molar-refractivity contribution in [1.82, 2.24) is 0 Å². The Balaban J connectivity index is 1.69. The molecule has 0 spiro atoms. The van der Waals surface area contributed by atoms with Gasteiger partial charge in [0, 0.05) is 18.1 Å². The highest BCUT2D eigenvalue weighted by Crippen LogP contribution is 2.35. The van der Waals surface area contributed by atoms with Crippen LogP contribution in [0.1, 0.15) is 23.7 Å². The molecule has 0 radical (unpaired) electrons. The lowest BCUT2D eigenvalue weighted by Gasteiger charge is -2.27. The Hall–Kier alpha value is -4.27. The molecule has 9 nitrogen and oxygen atoms in total. The number of nitrogens with one attached hydrogen (secondary N) is 1. The molecule has 0 bridgehead atoms. The molecule has 0 fully saturated rings. The van der Waals surface area contributed by atoms with E-state index in [1.54, 1.807) is 0 Å². The van der Waals surface area contributed by atoms with Crippen LogP contribution in [-0.4, -0.2) is 15.6 Å². The predicted molar refractivity (Wildman–Crippen MR) is 111 cm³/mol. The number of benzene rings is 3. The standard InChI is InChI=1S/C21H16N4O5/c26-24(27)15-10-11-17(19(12-15)25(28)29)22-23-18-13-21(14-6-2-1-3-7-14)30-20-9-5-4-8-16(18)20/h1-12,21-22H,13H2/b23-18+/t21-/m0/s1. The fraction of sp³-hybridized carbons (Fsp3) is 0.0952. The summed E-state index contributed by atoms with van der Waals surface area (Å²) in [7, 11) is 0. The smallest absolute Gasteiger partial charge is 0.301 e. The van der Waals surface area contributed by atoms with Gasteiger partial charge in [-0.1, -0.05) is 42.5 Å². The van der Waals surface area contributed by atoms with Crippen LogP contribution in [0.3, 0.4) is 0 Å². The third-order valence-electron chi connectivity index (χ3n) is 4.72. The second-order valence-corrected chi connectivity index (χ2v) is 6.60. The number of nitrogens with zero attached hydrogens (tertiary/aromatic N) is 3. The molecule has 3 aromatic carbocycles. The Morgan fingerprint density at radius 3 is 2.40 bits per heavy atom. The summed E-state index contributed by atoms with van der Waals surface area (Å²) in [4.78, 5) is 20.9. The van der Waals surface area contributed by atoms with Gasteiger partial charge in [0.05, 0.1) is 21.6 Å². The van der Waals surface area contributed by atoms with Crippen molar-refractivity contribution in [3.63, 3.8) is 0 Å². The topological polar surface area (TPSA) is 120 Å². The second-order valence-electron chi connectivity index (χ2n) is 6.60. The van der Waals surface area contributed by atoms with E-state index in [4.69, 9.17) is 4.74 Å². The molecular weight excluding hydrogens is 388 g/mol. The van der Waals surface area contributed by atoms with Crippen LogP contribution in [0.15, 0.2) is 77.9 Å². The number of ether oxygens (including phenoxy) is 1. The summed E-state index contributed by atoms with van der Waals surface area (Å²) >= 11 is 0. The highest BCUT2D eigenvalue weighted by atomic mass is 16.6. The van der Waals surface area contributed by atoms with Crippen LogP contribution >= 0.6 is 0 Å². The van der Waals surface area contributed by atoms with Crippen molar-refractivity contribution in [3.8, 4) is 5.75 Å². The monoisotopic (exact) mass is 404 g/mol. The molecule has 3 aromatic rings. The average molecular weight is 404 g/mol. The third-order valence-corrected chi connectivity index (χ3v) is 4.72. The maximum absolute atomic E-state index is 11.4. The lowest BCUT2D eigenvalue weighted by Crippen LogP contribution is -2.21. The summed E-state index contributed by atoms with van der Waals surface area (Å²) in [6.45, 7) is 0. The molecule has 0 aromatic heterocycles. The quantitative estimate of drug-likeness (QED) is 0.480. The molecule has 0 saturated heterocycles. The Bertz CT molecular complexity index is 1150. The molecule has 4 rings (SSSR count). The van der Waals surface area contributed by atoms with Crippen LogP contribution in [0.25, 0.3) is 0 Å². The fourth-order valence-electron chi connectivity index (χ4n) is 3.25. The zero-order valence-electron chi connectivity index (χ0n) is 15.6. The molecule has 150 valence electrons. The van der Waals surface area contributed by atoms with Crippen molar-refractivity contribution < 1.29 is 14.6 Å². The third kappa shape index (κ3) is 3.81. The van der Waals surface area contributed by atoms with Gasteiger partial charge < -0.3 is 4.74 Å². The number of para-hydroxylation sites is 1. The molecule has 1 aliphatic rings. The van der Waals surface area contributed by atoms with E-state index in [0.29, 0.717) is 17.9 Å². The minimum absolute atomic E-state index is 0.0679. The van der Waals surface area contributed by atoms with E-state index in [1.807, 2.05) is 54.6 Å². The van der Waals surface area contributed by atoms with Crippen molar-refractivity contribution in [2.45, 2.75) is 12.5 Å². The molecule has 0 amide bonds. The summed E-state index contributed by atoms with van der Waals surface area (Å²) in [5, 5.41) is 26.7. The number of fused-ring (bicyclic) bond motifs is 1. The SMILES string of the molecule is O=[N+]([O-])c1ccc(N/N=C2\C[C@@H](c3ccccc3)Oc3ccccc32)c([N+](=O)[O-])c1. The number of nitro groups is 2. The van der Waals surface area contributed by atoms with E-state index >= 15 is 0 Å². The van der Waals surface area contributed by atoms with Gasteiger partial charge in [-0.3, -0.25) is 25.7 Å². The fourth-order valence-corrected chi connectivity index (χ4v) is 3.25. The van der Waals surface area contributed by atoms with Gasteiger partial charge in [0.2, 0.25) is 0 Å². The molecule has 1 atom stereocenters. The Morgan fingerprint density at radius 1 is 0.933 bits per heavy atom. The Morgan fingerprint density at radius 2 is 1.67 bits per heavy atom. The second kappa shape index (κ2) is 8.00. The molecule has 30 heavy (non-hydrogen) atoms. The number of hydrogen-bond donors (Lipinski definition) is 1. The molecule has 1 heterocycles. The van der Waals surface area contributed by atoms with Gasteiger partial charge in [-0.2, -0.15) is 5.10 Å². The summed E-state index contributed by atoms with van der Waals surface area (Å²) in [6, 6.07) is 20.5. The van der Waals surface area contributed by atoms with E-state index in [-0.39, 0.29) is 17.5 Å². The Kier molecular flexibility index (Phi) is 5.08. The molecule has 0 unspecified atom stereocenters. The largest absolute Gasteiger partial charge is 0.485 e. The van der Waals surface area contributed by atoms with Crippen molar-refractivity contribution in [1.29, 1.82) is 0 Å². The van der Waals surface area contributed by atoms with Gasteiger partial charge in [-0.05, 0) is 23.8 Å². The molecule has 1 aliphatic heterocycles. The molecule has 1 N–H and O–H groups in total. The molecular formula is C21H16N4O5. The first-order chi connectivity index (χ1) is 14.5. The summed E-state index contributed by atoms with van der Waals surface area (Å²) in [6.07, 6.45) is 0.197. The van der Waals surface area contributed by atoms with Gasteiger partial charge in [0.15, 0.2) is 0 Å². The lowest BCUT2D eigenvalue weighted by atomic mass is 9.96. The van der Waals surface area contributed by atoms with Crippen LogP contribution in [0, 0.1) is 20.2 Å². The molecule has 0 saturated carbocycles. The van der Waals surface area contributed by atoms with Crippen LogP contribution in [0.2, 0.25) is 0 Å². The van der Waals surface area contributed by atoms with Gasteiger partial charge in [0.25, 0.3) is 5.69 Å². The number of rotatable bonds is 5. The van der Waals surface area contributed by atoms with Crippen LogP contribution in [-0.2, 0) is 0 Å². The van der Waals surface area contributed by atoms with E-state index in [2.05, 4.69) is 10.5 Å². The first-order valence-corrected chi connectivity index (χ1v) is 9.09. The molecule has 9 heteroatoms. The van der Waals surface area contributed by atoms with Crippen molar-refractivity contribution >= 4 is 22.8 Å². The number of hydrogen-bond acceptors (Lipinski definition) is 7. The van der Waals surface area contributed by atoms with E-state index in [9.17, 15) is 20.2 Å². The van der Waals surface area contributed by atoms with E-state index in [0.717, 1.165) is 17.2 Å². The maximum atomic E-state index is 11.4. The predicted octanol–water partition coefficient (Wildman–Crippen LogP) is 4.84. The Labute approximate surface area is 170 Å². The van der Waals surface area contributed by atoms with Gasteiger partial charge in [-0.15, -0.1) is 0 Å². The van der Waals surface area contributed by atoms with Crippen LogP contribution < -0.4 is 10.2 Å². The lowest BCUT2D eigenvalue weighted by molar-refractivity contribution is -0.393. The van der Waals surface area contributed by atoms with Gasteiger partial charge >= 0.3 is 5.69 Å². The van der Waals surface area contributed by atoms with Crippen molar-refractivity contribution in [3.05, 3.63) is 104 Å². The number of nitro benzene ring substituents is 2. The average Bonchev–Trinajstić information content (AvgIpc) is 2.77. The number of anilines is 1. The zero-order chi connectivity index (χ0) is 21.1. The first-order valence-electron chi connectivity index (χ1n) is 9.09.